The van der Waals surface area contributed by atoms with Crippen LogP contribution >= 0.6 is 0 Å². The van der Waals surface area contributed by atoms with Crippen LogP contribution in [0, 0.1) is 6.92 Å². The first kappa shape index (κ1) is 12.9. The van der Waals surface area contributed by atoms with E-state index >= 15 is 0 Å². The fourth-order valence-corrected chi connectivity index (χ4v) is 2.81. The van der Waals surface area contributed by atoms with Gasteiger partial charge in [0.2, 0.25) is 0 Å². The summed E-state index contributed by atoms with van der Waals surface area (Å²) >= 11 is 0. The van der Waals surface area contributed by atoms with Gasteiger partial charge in [-0.1, -0.05) is 0 Å². The van der Waals surface area contributed by atoms with E-state index in [0.29, 0.717) is 11.7 Å². The van der Waals surface area contributed by atoms with Crippen LogP contribution in [0.4, 0.5) is 11.6 Å². The Bertz CT molecular complexity index is 798. The number of aromatic amines is 1. The largest absolute Gasteiger partial charge is 0.365 e. The van der Waals surface area contributed by atoms with E-state index < -0.39 is 0 Å². The molecule has 0 aromatic carbocycles. The summed E-state index contributed by atoms with van der Waals surface area (Å²) in [4.78, 5) is 26.5. The summed E-state index contributed by atoms with van der Waals surface area (Å²) in [6.45, 7) is 3.77. The van der Waals surface area contributed by atoms with Crippen molar-refractivity contribution in [3.8, 4) is 0 Å². The van der Waals surface area contributed by atoms with Gasteiger partial charge in [0.15, 0.2) is 11.5 Å². The van der Waals surface area contributed by atoms with Crippen LogP contribution in [0.15, 0.2) is 25.0 Å². The van der Waals surface area contributed by atoms with Crippen molar-refractivity contribution in [2.75, 3.05) is 23.3 Å². The number of rotatable bonds is 3. The van der Waals surface area contributed by atoms with Crippen molar-refractivity contribution in [3.63, 3.8) is 0 Å². The highest BCUT2D eigenvalue weighted by Gasteiger charge is 2.25. The lowest BCUT2D eigenvalue weighted by atomic mass is 10.2. The minimum atomic E-state index is 0.335. The molecule has 3 aromatic heterocycles. The number of aryl methyl sites for hydroxylation is 1. The third-order valence-corrected chi connectivity index (χ3v) is 3.85. The Hall–Kier alpha value is -2.77. The molecule has 1 aliphatic heterocycles. The zero-order chi connectivity index (χ0) is 14.9. The van der Waals surface area contributed by atoms with Crippen LogP contribution in [-0.2, 0) is 0 Å². The normalized spacial score (nSPS) is 18.0. The molecule has 1 aliphatic rings. The number of imidazole rings is 1. The lowest BCUT2D eigenvalue weighted by Gasteiger charge is -2.18. The van der Waals surface area contributed by atoms with E-state index in [1.165, 1.54) is 0 Å². The molecule has 0 bridgehead atoms. The molecule has 0 radical (unpaired) electrons. The minimum absolute atomic E-state index is 0.335. The van der Waals surface area contributed by atoms with Gasteiger partial charge in [-0.15, -0.1) is 0 Å². The van der Waals surface area contributed by atoms with E-state index in [-0.39, 0.29) is 0 Å². The van der Waals surface area contributed by atoms with E-state index in [4.69, 9.17) is 0 Å². The molecule has 0 amide bonds. The third kappa shape index (κ3) is 2.32. The number of fused-ring (bicyclic) bond motifs is 1. The lowest BCUT2D eigenvalue weighted by Crippen LogP contribution is -2.27. The standard InChI is InChI=1S/C14H16N8/c1-9-4-11(16-6-15-9)21-10-2-3-22(5-10)14-12-13(18-7-17-12)19-8-20-14/h4,6-8,10H,2-3,5H2,1H3,(H,15,16,21)(H,17,18,19,20). The molecule has 4 rings (SSSR count). The van der Waals surface area contributed by atoms with Crippen LogP contribution in [-0.4, -0.2) is 49.0 Å². The number of aromatic nitrogens is 6. The van der Waals surface area contributed by atoms with Crippen molar-refractivity contribution < 1.29 is 0 Å². The summed E-state index contributed by atoms with van der Waals surface area (Å²) in [5.41, 5.74) is 2.55. The summed E-state index contributed by atoms with van der Waals surface area (Å²) in [7, 11) is 0. The molecule has 1 fully saturated rings. The number of hydrogen-bond donors (Lipinski definition) is 2. The van der Waals surface area contributed by atoms with Crippen LogP contribution in [0.25, 0.3) is 11.2 Å². The average molecular weight is 296 g/mol. The van der Waals surface area contributed by atoms with Gasteiger partial charge in [-0.05, 0) is 13.3 Å². The number of nitrogens with one attached hydrogen (secondary N) is 2. The van der Waals surface area contributed by atoms with Gasteiger partial charge in [0.05, 0.1) is 6.33 Å². The van der Waals surface area contributed by atoms with Crippen molar-refractivity contribution in [3.05, 3.63) is 30.7 Å². The molecule has 8 nitrogen and oxygen atoms in total. The second kappa shape index (κ2) is 5.21. The SMILES string of the molecule is Cc1cc(NC2CCN(c3ncnc4nc[nH]c34)C2)ncn1. The minimum Gasteiger partial charge on any atom is -0.365 e. The molecule has 1 unspecified atom stereocenters. The summed E-state index contributed by atoms with van der Waals surface area (Å²) < 4.78 is 0. The first-order chi connectivity index (χ1) is 10.8. The van der Waals surface area contributed by atoms with Crippen LogP contribution in [0.5, 0.6) is 0 Å². The molecule has 2 N–H and O–H groups in total. The monoisotopic (exact) mass is 296 g/mol. The molecule has 1 atom stereocenters. The Morgan fingerprint density at radius 1 is 1.18 bits per heavy atom. The summed E-state index contributed by atoms with van der Waals surface area (Å²) in [5, 5.41) is 3.46. The number of hydrogen-bond acceptors (Lipinski definition) is 7. The predicted octanol–water partition coefficient (Wildman–Crippen LogP) is 1.14. The molecule has 4 heterocycles. The zero-order valence-electron chi connectivity index (χ0n) is 12.2. The van der Waals surface area contributed by atoms with Gasteiger partial charge in [0.25, 0.3) is 0 Å². The fourth-order valence-electron chi connectivity index (χ4n) is 2.81. The topological polar surface area (TPSA) is 95.5 Å². The van der Waals surface area contributed by atoms with Crippen molar-refractivity contribution in [2.24, 2.45) is 0 Å². The smallest absolute Gasteiger partial charge is 0.182 e. The van der Waals surface area contributed by atoms with Gasteiger partial charge in [-0.3, -0.25) is 0 Å². The Balaban J connectivity index is 1.51. The molecular weight excluding hydrogens is 280 g/mol. The number of anilines is 2. The van der Waals surface area contributed by atoms with Gasteiger partial charge < -0.3 is 15.2 Å². The molecule has 1 saturated heterocycles. The van der Waals surface area contributed by atoms with Gasteiger partial charge in [-0.25, -0.2) is 24.9 Å². The Morgan fingerprint density at radius 2 is 2.09 bits per heavy atom. The summed E-state index contributed by atoms with van der Waals surface area (Å²) in [6.07, 6.45) is 5.83. The third-order valence-electron chi connectivity index (χ3n) is 3.85. The fraction of sp³-hybridized carbons (Fsp3) is 0.357. The lowest BCUT2D eigenvalue weighted by molar-refractivity contribution is 0.798. The molecule has 0 aliphatic carbocycles. The molecule has 22 heavy (non-hydrogen) atoms. The van der Waals surface area contributed by atoms with E-state index in [1.807, 2.05) is 13.0 Å². The predicted molar refractivity (Wildman–Crippen MR) is 82.7 cm³/mol. The Morgan fingerprint density at radius 3 is 3.00 bits per heavy atom. The van der Waals surface area contributed by atoms with Crippen LogP contribution in [0.2, 0.25) is 0 Å². The summed E-state index contributed by atoms with van der Waals surface area (Å²) in [5.74, 6) is 1.78. The van der Waals surface area contributed by atoms with Crippen LogP contribution in [0.1, 0.15) is 12.1 Å². The second-order valence-corrected chi connectivity index (χ2v) is 5.42. The van der Waals surface area contributed by atoms with Crippen LogP contribution in [0.3, 0.4) is 0 Å². The highest BCUT2D eigenvalue weighted by atomic mass is 15.3. The van der Waals surface area contributed by atoms with Gasteiger partial charge >= 0.3 is 0 Å². The van der Waals surface area contributed by atoms with Gasteiger partial charge in [0, 0.05) is 30.9 Å². The summed E-state index contributed by atoms with van der Waals surface area (Å²) in [6, 6.07) is 2.29. The maximum atomic E-state index is 4.41. The molecule has 112 valence electrons. The van der Waals surface area contributed by atoms with Crippen molar-refractivity contribution >= 4 is 22.8 Å². The molecular formula is C14H16N8. The maximum absolute atomic E-state index is 4.41. The quantitative estimate of drug-likeness (QED) is 0.748. The second-order valence-electron chi connectivity index (χ2n) is 5.42. The first-order valence-electron chi connectivity index (χ1n) is 7.24. The first-order valence-corrected chi connectivity index (χ1v) is 7.24. The number of nitrogens with zero attached hydrogens (tertiary/aromatic N) is 6. The highest BCUT2D eigenvalue weighted by molar-refractivity contribution is 5.82. The van der Waals surface area contributed by atoms with E-state index in [2.05, 4.69) is 40.1 Å². The Kier molecular flexibility index (Phi) is 3.06. The van der Waals surface area contributed by atoms with Gasteiger partial charge in [0.1, 0.15) is 24.0 Å². The maximum Gasteiger partial charge on any atom is 0.182 e. The van der Waals surface area contributed by atoms with Crippen LogP contribution < -0.4 is 10.2 Å². The molecule has 3 aromatic rings. The Labute approximate surface area is 127 Å². The van der Waals surface area contributed by atoms with E-state index in [9.17, 15) is 0 Å². The average Bonchev–Trinajstić information content (AvgIpc) is 3.15. The van der Waals surface area contributed by atoms with Crippen molar-refractivity contribution in [2.45, 2.75) is 19.4 Å². The van der Waals surface area contributed by atoms with E-state index in [1.54, 1.807) is 19.0 Å². The number of H-pyrrole nitrogens is 1. The zero-order valence-corrected chi connectivity index (χ0v) is 12.2. The molecule has 0 spiro atoms. The van der Waals surface area contributed by atoms with E-state index in [0.717, 1.165) is 42.4 Å². The van der Waals surface area contributed by atoms with Crippen molar-refractivity contribution in [1.29, 1.82) is 0 Å². The molecule has 0 saturated carbocycles. The molecule has 8 heteroatoms. The van der Waals surface area contributed by atoms with Gasteiger partial charge in [-0.2, -0.15) is 0 Å². The van der Waals surface area contributed by atoms with Crippen molar-refractivity contribution in [1.82, 2.24) is 29.9 Å². The highest BCUT2D eigenvalue weighted by Crippen LogP contribution is 2.24.